The molecule has 1 aliphatic heterocycles. The highest BCUT2D eigenvalue weighted by Gasteiger charge is 2.11. The van der Waals surface area contributed by atoms with Crippen LogP contribution in [0.3, 0.4) is 0 Å². The topological polar surface area (TPSA) is 73.3 Å². The summed E-state index contributed by atoms with van der Waals surface area (Å²) in [5.74, 6) is 2.10. The monoisotopic (exact) mass is 349 g/mol. The zero-order valence-electron chi connectivity index (χ0n) is 12.4. The molecule has 1 aromatic heterocycles. The van der Waals surface area contributed by atoms with Gasteiger partial charge in [-0.05, 0) is 29.5 Å². The number of benzene rings is 1. The Balaban J connectivity index is 1.61. The highest BCUT2D eigenvalue weighted by atomic mass is 32.2. The fourth-order valence-electron chi connectivity index (χ4n) is 1.92. The molecule has 0 bridgehead atoms. The molecule has 2 heterocycles. The fourth-order valence-corrected chi connectivity index (χ4v) is 3.58. The van der Waals surface area contributed by atoms with Gasteiger partial charge in [-0.3, -0.25) is 10.1 Å². The van der Waals surface area contributed by atoms with Crippen molar-refractivity contribution >= 4 is 40.2 Å². The minimum Gasteiger partial charge on any atom is -0.486 e. The lowest BCUT2D eigenvalue weighted by Crippen LogP contribution is -2.15. The van der Waals surface area contributed by atoms with E-state index in [-0.39, 0.29) is 5.91 Å². The molecule has 1 N–H and O–H groups in total. The van der Waals surface area contributed by atoms with Crippen LogP contribution < -0.4 is 14.8 Å². The molecule has 0 aliphatic carbocycles. The maximum Gasteiger partial charge on any atom is 0.250 e. The standard InChI is InChI=1S/C15H15N3O3S2/c1-2-22-15-18-17-14(23-15)16-13(19)6-4-10-3-5-11-12(9-10)21-8-7-20-11/h3-6,9H,2,7-8H2,1H3,(H,16,17,19)/b6-4+. The summed E-state index contributed by atoms with van der Waals surface area (Å²) in [4.78, 5) is 11.9. The van der Waals surface area contributed by atoms with Crippen molar-refractivity contribution in [3.05, 3.63) is 29.8 Å². The number of hydrogen-bond acceptors (Lipinski definition) is 7. The van der Waals surface area contributed by atoms with Crippen molar-refractivity contribution in [2.45, 2.75) is 11.3 Å². The third kappa shape index (κ3) is 4.23. The maximum absolute atomic E-state index is 11.9. The van der Waals surface area contributed by atoms with Crippen LogP contribution in [0, 0.1) is 0 Å². The minimum atomic E-state index is -0.246. The molecule has 0 saturated heterocycles. The summed E-state index contributed by atoms with van der Waals surface area (Å²) >= 11 is 2.96. The predicted octanol–water partition coefficient (Wildman–Crippen LogP) is 3.07. The molecule has 0 unspecified atom stereocenters. The first-order valence-electron chi connectivity index (χ1n) is 7.09. The Morgan fingerprint density at radius 2 is 2.17 bits per heavy atom. The van der Waals surface area contributed by atoms with Gasteiger partial charge in [-0.25, -0.2) is 0 Å². The SMILES string of the molecule is CCSc1nnc(NC(=O)/C=C/c2ccc3c(c2)OCCO3)s1. The molecule has 0 saturated carbocycles. The normalized spacial score (nSPS) is 13.3. The number of carbonyl (C=O) groups excluding carboxylic acids is 1. The van der Waals surface area contributed by atoms with Gasteiger partial charge in [0.15, 0.2) is 15.8 Å². The van der Waals surface area contributed by atoms with Crippen LogP contribution in [0.2, 0.25) is 0 Å². The smallest absolute Gasteiger partial charge is 0.250 e. The van der Waals surface area contributed by atoms with E-state index in [0.717, 1.165) is 21.4 Å². The average Bonchev–Trinajstić information content (AvgIpc) is 3.00. The Morgan fingerprint density at radius 1 is 1.35 bits per heavy atom. The molecule has 6 nitrogen and oxygen atoms in total. The van der Waals surface area contributed by atoms with Gasteiger partial charge in [-0.2, -0.15) is 0 Å². The first-order valence-corrected chi connectivity index (χ1v) is 8.90. The van der Waals surface area contributed by atoms with E-state index in [1.165, 1.54) is 17.4 Å². The van der Waals surface area contributed by atoms with Crippen LogP contribution >= 0.6 is 23.1 Å². The summed E-state index contributed by atoms with van der Waals surface area (Å²) < 4.78 is 11.8. The summed E-state index contributed by atoms with van der Waals surface area (Å²) in [6, 6.07) is 5.56. The lowest BCUT2D eigenvalue weighted by molar-refractivity contribution is -0.111. The number of aromatic nitrogens is 2. The molecule has 23 heavy (non-hydrogen) atoms. The molecule has 1 amide bonds. The number of nitrogens with zero attached hydrogens (tertiary/aromatic N) is 2. The van der Waals surface area contributed by atoms with Crippen LogP contribution in [0.5, 0.6) is 11.5 Å². The third-order valence-electron chi connectivity index (χ3n) is 2.90. The van der Waals surface area contributed by atoms with Crippen LogP contribution in [0.25, 0.3) is 6.08 Å². The Bertz CT molecular complexity index is 731. The highest BCUT2D eigenvalue weighted by molar-refractivity contribution is 8.01. The molecule has 120 valence electrons. The van der Waals surface area contributed by atoms with Crippen molar-refractivity contribution in [2.75, 3.05) is 24.3 Å². The molecule has 0 fully saturated rings. The number of carbonyl (C=O) groups is 1. The van der Waals surface area contributed by atoms with Crippen LogP contribution in [-0.4, -0.2) is 35.1 Å². The molecule has 3 rings (SSSR count). The van der Waals surface area contributed by atoms with E-state index in [9.17, 15) is 4.79 Å². The number of amides is 1. The highest BCUT2D eigenvalue weighted by Crippen LogP contribution is 2.31. The Labute approximate surface area is 141 Å². The van der Waals surface area contributed by atoms with Gasteiger partial charge in [0, 0.05) is 6.08 Å². The van der Waals surface area contributed by atoms with Crippen LogP contribution in [0.4, 0.5) is 5.13 Å². The second kappa shape index (κ2) is 7.47. The van der Waals surface area contributed by atoms with Crippen LogP contribution in [0.1, 0.15) is 12.5 Å². The number of nitrogens with one attached hydrogen (secondary N) is 1. The largest absolute Gasteiger partial charge is 0.486 e. The molecule has 0 atom stereocenters. The van der Waals surface area contributed by atoms with Crippen molar-refractivity contribution in [2.24, 2.45) is 0 Å². The van der Waals surface area contributed by atoms with Gasteiger partial charge < -0.3 is 9.47 Å². The van der Waals surface area contributed by atoms with E-state index >= 15 is 0 Å². The van der Waals surface area contributed by atoms with Gasteiger partial charge in [0.25, 0.3) is 0 Å². The van der Waals surface area contributed by atoms with E-state index in [1.807, 2.05) is 25.1 Å². The van der Waals surface area contributed by atoms with Crippen molar-refractivity contribution in [3.63, 3.8) is 0 Å². The Kier molecular flexibility index (Phi) is 5.14. The van der Waals surface area contributed by atoms with E-state index in [1.54, 1.807) is 17.8 Å². The quantitative estimate of drug-likeness (QED) is 0.508. The van der Waals surface area contributed by atoms with Crippen LogP contribution in [-0.2, 0) is 4.79 Å². The number of anilines is 1. The molecular formula is C15H15N3O3S2. The van der Waals surface area contributed by atoms with Crippen LogP contribution in [0.15, 0.2) is 28.6 Å². The summed E-state index contributed by atoms with van der Waals surface area (Å²) in [5, 5.41) is 11.1. The van der Waals surface area contributed by atoms with E-state index < -0.39 is 0 Å². The number of hydrogen-bond donors (Lipinski definition) is 1. The van der Waals surface area contributed by atoms with E-state index in [4.69, 9.17) is 9.47 Å². The molecule has 1 aromatic carbocycles. The second-order valence-corrected chi connectivity index (χ2v) is 7.02. The minimum absolute atomic E-state index is 0.246. The summed E-state index contributed by atoms with van der Waals surface area (Å²) in [6.45, 7) is 3.14. The lowest BCUT2D eigenvalue weighted by atomic mass is 10.2. The van der Waals surface area contributed by atoms with Gasteiger partial charge >= 0.3 is 0 Å². The first kappa shape index (κ1) is 15.8. The van der Waals surface area contributed by atoms with Crippen molar-refractivity contribution in [3.8, 4) is 11.5 Å². The zero-order chi connectivity index (χ0) is 16.1. The summed E-state index contributed by atoms with van der Waals surface area (Å²) in [7, 11) is 0. The van der Waals surface area contributed by atoms with Gasteiger partial charge in [0.2, 0.25) is 11.0 Å². The maximum atomic E-state index is 11.9. The lowest BCUT2D eigenvalue weighted by Gasteiger charge is -2.18. The first-order chi connectivity index (χ1) is 11.2. The van der Waals surface area contributed by atoms with E-state index in [0.29, 0.717) is 24.1 Å². The van der Waals surface area contributed by atoms with Gasteiger partial charge in [0.1, 0.15) is 13.2 Å². The summed E-state index contributed by atoms with van der Waals surface area (Å²) in [6.07, 6.45) is 3.18. The molecule has 0 spiro atoms. The molecule has 1 aliphatic rings. The van der Waals surface area contributed by atoms with E-state index in [2.05, 4.69) is 15.5 Å². The van der Waals surface area contributed by atoms with Crippen molar-refractivity contribution in [1.29, 1.82) is 0 Å². The number of ether oxygens (including phenoxy) is 2. The fraction of sp³-hybridized carbons (Fsp3) is 0.267. The number of fused-ring (bicyclic) bond motifs is 1. The van der Waals surface area contributed by atoms with Gasteiger partial charge in [-0.1, -0.05) is 36.1 Å². The average molecular weight is 349 g/mol. The zero-order valence-corrected chi connectivity index (χ0v) is 14.1. The second-order valence-electron chi connectivity index (χ2n) is 4.53. The van der Waals surface area contributed by atoms with Gasteiger partial charge in [-0.15, -0.1) is 10.2 Å². The molecular weight excluding hydrogens is 334 g/mol. The molecule has 8 heteroatoms. The van der Waals surface area contributed by atoms with Crippen molar-refractivity contribution < 1.29 is 14.3 Å². The molecule has 0 radical (unpaired) electrons. The Morgan fingerprint density at radius 3 is 3.00 bits per heavy atom. The summed E-state index contributed by atoms with van der Waals surface area (Å²) in [5.41, 5.74) is 0.865. The predicted molar refractivity (Wildman–Crippen MR) is 91.4 cm³/mol. The Hall–Kier alpha value is -2.06. The van der Waals surface area contributed by atoms with Gasteiger partial charge in [0.05, 0.1) is 0 Å². The van der Waals surface area contributed by atoms with Crippen molar-refractivity contribution in [1.82, 2.24) is 10.2 Å². The molecule has 2 aromatic rings. The number of rotatable bonds is 5. The number of thioether (sulfide) groups is 1. The third-order valence-corrected chi connectivity index (χ3v) is 4.75.